The Morgan fingerprint density at radius 1 is 0.769 bits per heavy atom. The average Bonchev–Trinajstić information content (AvgIpc) is 2.09. The Morgan fingerprint density at radius 3 is 1.38 bits per heavy atom. The SMILES string of the molecule is O[C@@H]1[C@@H](O)[C@@H](O)[C@@](O)([Fe])[C@H](O)[C@H]1O. The molecule has 1 fully saturated rings. The van der Waals surface area contributed by atoms with Crippen molar-refractivity contribution in [3.63, 3.8) is 0 Å². The predicted molar refractivity (Wildman–Crippen MR) is 35.0 cm³/mol. The normalized spacial score (nSPS) is 57.9. The minimum absolute atomic E-state index is 1.70. The zero-order valence-corrected chi connectivity index (χ0v) is 7.53. The molecule has 7 heteroatoms. The third-order valence-electron chi connectivity index (χ3n) is 2.16. The molecule has 13 heavy (non-hydrogen) atoms. The van der Waals surface area contributed by atoms with Gasteiger partial charge in [0.15, 0.2) is 0 Å². The summed E-state index contributed by atoms with van der Waals surface area (Å²) in [5, 5.41) is 54.9. The molecule has 0 aromatic heterocycles. The molecule has 1 aliphatic rings. The Labute approximate surface area is 82.3 Å². The molecule has 0 unspecified atom stereocenters. The molecule has 0 amide bonds. The van der Waals surface area contributed by atoms with E-state index in [4.69, 9.17) is 15.3 Å². The first kappa shape index (κ1) is 11.4. The van der Waals surface area contributed by atoms with Crippen molar-refractivity contribution in [2.24, 2.45) is 0 Å². The zero-order valence-electron chi connectivity index (χ0n) is 6.42. The second-order valence-electron chi connectivity index (χ2n) is 3.07. The van der Waals surface area contributed by atoms with E-state index in [9.17, 15) is 15.3 Å². The molecular formula is C6H11FeO6. The number of rotatable bonds is 0. The molecule has 0 radical (unpaired) electrons. The summed E-state index contributed by atoms with van der Waals surface area (Å²) >= 11 is 3.05. The fraction of sp³-hybridized carbons (Fsp3) is 1.00. The van der Waals surface area contributed by atoms with Crippen LogP contribution in [0.25, 0.3) is 0 Å². The number of hydrogen-bond acceptors (Lipinski definition) is 6. The average molecular weight is 235 g/mol. The van der Waals surface area contributed by atoms with E-state index in [-0.39, 0.29) is 0 Å². The van der Waals surface area contributed by atoms with Gasteiger partial charge in [-0.3, -0.25) is 0 Å². The van der Waals surface area contributed by atoms with E-state index in [2.05, 4.69) is 16.0 Å². The third-order valence-corrected chi connectivity index (χ3v) is 2.82. The molecule has 1 rings (SSSR count). The van der Waals surface area contributed by atoms with Gasteiger partial charge < -0.3 is 0 Å². The Bertz CT molecular complexity index is 180. The van der Waals surface area contributed by atoms with Gasteiger partial charge in [0.05, 0.1) is 0 Å². The molecule has 0 saturated heterocycles. The molecular weight excluding hydrogens is 224 g/mol. The maximum absolute atomic E-state index is 9.33. The zero-order chi connectivity index (χ0) is 10.4. The predicted octanol–water partition coefficient (Wildman–Crippen LogP) is -3.96. The number of hydrogen-bond donors (Lipinski definition) is 6. The van der Waals surface area contributed by atoms with Gasteiger partial charge in [0.25, 0.3) is 0 Å². The fourth-order valence-corrected chi connectivity index (χ4v) is 1.60. The summed E-state index contributed by atoms with van der Waals surface area (Å²) in [4.78, 5) is 0. The standard InChI is InChI=1S/C6H11O6.Fe/c7-1-2(8)4(10)6(12)5(11)3(1)9;/h1-5,7-12H;/t1-,2-,3+,4-,5-;/m1./s1. The second-order valence-corrected chi connectivity index (χ2v) is 3.95. The van der Waals surface area contributed by atoms with Gasteiger partial charge in [-0.1, -0.05) is 0 Å². The van der Waals surface area contributed by atoms with E-state index < -0.39 is 35.0 Å². The van der Waals surface area contributed by atoms with Gasteiger partial charge in [0.2, 0.25) is 0 Å². The van der Waals surface area contributed by atoms with Crippen LogP contribution in [0.15, 0.2) is 0 Å². The number of aliphatic hydroxyl groups is 6. The van der Waals surface area contributed by atoms with Crippen molar-refractivity contribution in [2.75, 3.05) is 0 Å². The first-order valence-corrected chi connectivity index (χ1v) is 4.15. The van der Waals surface area contributed by atoms with Crippen LogP contribution in [-0.4, -0.2) is 65.7 Å². The molecule has 6 atom stereocenters. The summed E-state index contributed by atoms with van der Waals surface area (Å²) in [6.07, 6.45) is -8.78. The van der Waals surface area contributed by atoms with Gasteiger partial charge in [0.1, 0.15) is 0 Å². The summed E-state index contributed by atoms with van der Waals surface area (Å²) in [5.74, 6) is 0. The van der Waals surface area contributed by atoms with Crippen LogP contribution in [0.3, 0.4) is 0 Å². The van der Waals surface area contributed by atoms with Gasteiger partial charge in [0, 0.05) is 0 Å². The monoisotopic (exact) mass is 235 g/mol. The fourth-order valence-electron chi connectivity index (χ4n) is 1.22. The summed E-state index contributed by atoms with van der Waals surface area (Å²) in [6.45, 7) is 0. The van der Waals surface area contributed by atoms with Crippen LogP contribution in [0.1, 0.15) is 0 Å². The van der Waals surface area contributed by atoms with Crippen molar-refractivity contribution in [3.05, 3.63) is 0 Å². The molecule has 1 aliphatic carbocycles. The van der Waals surface area contributed by atoms with Crippen LogP contribution >= 0.6 is 0 Å². The van der Waals surface area contributed by atoms with Crippen molar-refractivity contribution >= 4 is 0 Å². The summed E-state index contributed by atoms with van der Waals surface area (Å²) in [6, 6.07) is 0. The first-order valence-electron chi connectivity index (χ1n) is 3.60. The molecule has 0 spiro atoms. The van der Waals surface area contributed by atoms with E-state index in [0.717, 1.165) is 0 Å². The first-order chi connectivity index (χ1) is 5.80. The maximum atomic E-state index is 9.33. The quantitative estimate of drug-likeness (QED) is 0.238. The Morgan fingerprint density at radius 2 is 1.08 bits per heavy atom. The molecule has 0 heterocycles. The molecule has 79 valence electrons. The molecule has 0 aliphatic heterocycles. The Kier molecular flexibility index (Phi) is 3.01. The molecule has 6 N–H and O–H groups in total. The summed E-state index contributed by atoms with van der Waals surface area (Å²) < 4.78 is -2.28. The van der Waals surface area contributed by atoms with E-state index in [1.54, 1.807) is 0 Å². The second kappa shape index (κ2) is 3.45. The van der Waals surface area contributed by atoms with Crippen molar-refractivity contribution in [3.8, 4) is 0 Å². The Balaban J connectivity index is 2.93. The topological polar surface area (TPSA) is 121 Å². The van der Waals surface area contributed by atoms with Gasteiger partial charge in [-0.2, -0.15) is 0 Å². The third kappa shape index (κ3) is 1.62. The van der Waals surface area contributed by atoms with E-state index >= 15 is 0 Å². The van der Waals surface area contributed by atoms with Gasteiger partial charge in [-0.15, -0.1) is 0 Å². The Hall–Kier alpha value is 0.279. The van der Waals surface area contributed by atoms with Gasteiger partial charge in [-0.05, 0) is 0 Å². The number of aliphatic hydroxyl groups excluding tert-OH is 5. The summed E-state index contributed by atoms with van der Waals surface area (Å²) in [5.41, 5.74) is 0. The van der Waals surface area contributed by atoms with Crippen LogP contribution in [0.4, 0.5) is 0 Å². The van der Waals surface area contributed by atoms with Crippen LogP contribution in [-0.2, 0) is 16.0 Å². The molecule has 6 nitrogen and oxygen atoms in total. The van der Waals surface area contributed by atoms with Gasteiger partial charge in [-0.25, -0.2) is 0 Å². The molecule has 0 aromatic carbocycles. The van der Waals surface area contributed by atoms with Gasteiger partial charge >= 0.3 is 81.7 Å². The van der Waals surface area contributed by atoms with Crippen molar-refractivity contribution < 1.29 is 46.7 Å². The van der Waals surface area contributed by atoms with Crippen molar-refractivity contribution in [1.29, 1.82) is 0 Å². The van der Waals surface area contributed by atoms with Crippen LogP contribution in [0.2, 0.25) is 0 Å². The molecule has 0 aromatic rings. The van der Waals surface area contributed by atoms with E-state index in [1.165, 1.54) is 0 Å². The van der Waals surface area contributed by atoms with E-state index in [0.29, 0.717) is 0 Å². The van der Waals surface area contributed by atoms with Crippen LogP contribution < -0.4 is 0 Å². The van der Waals surface area contributed by atoms with Crippen LogP contribution in [0, 0.1) is 0 Å². The molecule has 1 saturated carbocycles. The minimum atomic E-state index is -2.28. The van der Waals surface area contributed by atoms with Crippen molar-refractivity contribution in [2.45, 2.75) is 35.0 Å². The van der Waals surface area contributed by atoms with Crippen LogP contribution in [0.5, 0.6) is 0 Å². The summed E-state index contributed by atoms with van der Waals surface area (Å²) in [7, 11) is 0. The molecule has 0 bridgehead atoms. The van der Waals surface area contributed by atoms with Crippen molar-refractivity contribution in [1.82, 2.24) is 0 Å². The van der Waals surface area contributed by atoms with E-state index in [1.807, 2.05) is 0 Å².